The Labute approximate surface area is 118 Å². The Kier molecular flexibility index (Phi) is 3.99. The third-order valence-corrected chi connectivity index (χ3v) is 3.54. The van der Waals surface area contributed by atoms with Gasteiger partial charge in [-0.15, -0.1) is 0 Å². The van der Waals surface area contributed by atoms with E-state index >= 15 is 0 Å². The normalized spacial score (nSPS) is 10.2. The Morgan fingerprint density at radius 2 is 2.00 bits per heavy atom. The topological polar surface area (TPSA) is 93.3 Å². The fourth-order valence-electron chi connectivity index (χ4n) is 1.49. The molecule has 0 aliphatic heterocycles. The number of nitro groups is 1. The van der Waals surface area contributed by atoms with Gasteiger partial charge in [0.25, 0.3) is 5.69 Å². The Hall–Kier alpha value is -2.41. The second-order valence-electron chi connectivity index (χ2n) is 4.02. The number of aryl methyl sites for hydroxylation is 1. The molecule has 1 aromatic heterocycles. The lowest BCUT2D eigenvalue weighted by atomic mass is 10.2. The number of nitrogens with zero attached hydrogens (tertiary/aromatic N) is 2. The monoisotopic (exact) mass is 290 g/mol. The maximum absolute atomic E-state index is 11.2. The van der Waals surface area contributed by atoms with Gasteiger partial charge in [-0.2, -0.15) is 0 Å². The number of aromatic carboxylic acids is 1. The van der Waals surface area contributed by atoms with E-state index < -0.39 is 10.9 Å². The van der Waals surface area contributed by atoms with E-state index in [1.165, 1.54) is 0 Å². The van der Waals surface area contributed by atoms with Gasteiger partial charge in [0, 0.05) is 11.0 Å². The standard InChI is InChI=1S/C13H10N2O4S/c1-8-2-4-10(5-3-8)20-12-11(13(16)17)6-9(7-14-12)15(18)19/h2-7H,1H3,(H,16,17). The minimum absolute atomic E-state index is 0.176. The van der Waals surface area contributed by atoms with Crippen LogP contribution < -0.4 is 0 Å². The summed E-state index contributed by atoms with van der Waals surface area (Å²) in [6, 6.07) is 8.50. The molecule has 6 nitrogen and oxygen atoms in total. The number of carbonyl (C=O) groups is 1. The largest absolute Gasteiger partial charge is 0.478 e. The molecule has 0 aliphatic carbocycles. The van der Waals surface area contributed by atoms with Crippen LogP contribution in [0.2, 0.25) is 0 Å². The van der Waals surface area contributed by atoms with Crippen molar-refractivity contribution in [1.29, 1.82) is 0 Å². The van der Waals surface area contributed by atoms with E-state index in [0.29, 0.717) is 0 Å². The second-order valence-corrected chi connectivity index (χ2v) is 5.09. The Morgan fingerprint density at radius 3 is 2.55 bits per heavy atom. The molecule has 2 rings (SSSR count). The molecule has 0 amide bonds. The van der Waals surface area contributed by atoms with Crippen LogP contribution in [-0.2, 0) is 0 Å². The molecule has 0 radical (unpaired) electrons. The molecule has 0 atom stereocenters. The summed E-state index contributed by atoms with van der Waals surface area (Å²) in [5.41, 5.74) is 0.574. The van der Waals surface area contributed by atoms with Gasteiger partial charge in [0.2, 0.25) is 0 Å². The number of carboxylic acids is 1. The lowest BCUT2D eigenvalue weighted by Crippen LogP contribution is -2.02. The van der Waals surface area contributed by atoms with Crippen LogP contribution in [0.5, 0.6) is 0 Å². The van der Waals surface area contributed by atoms with Gasteiger partial charge in [-0.1, -0.05) is 29.5 Å². The molecule has 1 aromatic carbocycles. The molecule has 2 aromatic rings. The van der Waals surface area contributed by atoms with Gasteiger partial charge in [-0.25, -0.2) is 9.78 Å². The first-order valence-electron chi connectivity index (χ1n) is 5.59. The van der Waals surface area contributed by atoms with Crippen LogP contribution >= 0.6 is 11.8 Å². The van der Waals surface area contributed by atoms with E-state index in [1.807, 2.05) is 31.2 Å². The maximum atomic E-state index is 11.2. The molecule has 1 N–H and O–H groups in total. The smallest absolute Gasteiger partial charge is 0.338 e. The van der Waals surface area contributed by atoms with E-state index in [-0.39, 0.29) is 16.3 Å². The lowest BCUT2D eigenvalue weighted by Gasteiger charge is -2.05. The summed E-state index contributed by atoms with van der Waals surface area (Å²) in [7, 11) is 0. The van der Waals surface area contributed by atoms with Gasteiger partial charge in [0.15, 0.2) is 0 Å². The third-order valence-electron chi connectivity index (χ3n) is 2.51. The van der Waals surface area contributed by atoms with Crippen molar-refractivity contribution in [3.63, 3.8) is 0 Å². The molecule has 102 valence electrons. The first kappa shape index (κ1) is 14.0. The van der Waals surface area contributed by atoms with Crippen LogP contribution in [-0.4, -0.2) is 21.0 Å². The van der Waals surface area contributed by atoms with E-state index in [0.717, 1.165) is 34.5 Å². The van der Waals surface area contributed by atoms with Crippen molar-refractivity contribution >= 4 is 23.4 Å². The summed E-state index contributed by atoms with van der Waals surface area (Å²) in [6.07, 6.45) is 1.06. The molecule has 0 saturated carbocycles. The molecule has 0 unspecified atom stereocenters. The number of hydrogen-bond acceptors (Lipinski definition) is 5. The van der Waals surface area contributed by atoms with Gasteiger partial charge in [-0.05, 0) is 19.1 Å². The van der Waals surface area contributed by atoms with Crippen molar-refractivity contribution in [2.24, 2.45) is 0 Å². The van der Waals surface area contributed by atoms with Gasteiger partial charge in [0.05, 0.1) is 10.5 Å². The summed E-state index contributed by atoms with van der Waals surface area (Å²) in [6.45, 7) is 1.95. The molecule has 20 heavy (non-hydrogen) atoms. The van der Waals surface area contributed by atoms with Crippen LogP contribution in [0.15, 0.2) is 46.5 Å². The van der Waals surface area contributed by atoms with Gasteiger partial charge < -0.3 is 5.11 Å². The highest BCUT2D eigenvalue weighted by Gasteiger charge is 2.18. The number of benzene rings is 1. The first-order chi connectivity index (χ1) is 9.47. The predicted molar refractivity (Wildman–Crippen MR) is 73.2 cm³/mol. The Bertz CT molecular complexity index is 671. The Balaban J connectivity index is 2.38. The highest BCUT2D eigenvalue weighted by Crippen LogP contribution is 2.30. The van der Waals surface area contributed by atoms with Crippen molar-refractivity contribution < 1.29 is 14.8 Å². The van der Waals surface area contributed by atoms with Gasteiger partial charge in [0.1, 0.15) is 11.2 Å². The van der Waals surface area contributed by atoms with Crippen LogP contribution in [0.1, 0.15) is 15.9 Å². The predicted octanol–water partition coefficient (Wildman–Crippen LogP) is 3.15. The van der Waals surface area contributed by atoms with Gasteiger partial charge in [-0.3, -0.25) is 10.1 Å². The second kappa shape index (κ2) is 5.70. The third kappa shape index (κ3) is 3.12. The van der Waals surface area contributed by atoms with Crippen molar-refractivity contribution in [3.05, 3.63) is 57.8 Å². The number of rotatable bonds is 4. The quantitative estimate of drug-likeness (QED) is 0.686. The molecule has 0 bridgehead atoms. The number of aromatic nitrogens is 1. The summed E-state index contributed by atoms with van der Waals surface area (Å²) in [5.74, 6) is -1.24. The molecule has 7 heteroatoms. The first-order valence-corrected chi connectivity index (χ1v) is 6.41. The molecular formula is C13H10N2O4S. The average molecular weight is 290 g/mol. The maximum Gasteiger partial charge on any atom is 0.338 e. The number of hydrogen-bond donors (Lipinski definition) is 1. The van der Waals surface area contributed by atoms with Crippen LogP contribution in [0.25, 0.3) is 0 Å². The SMILES string of the molecule is Cc1ccc(Sc2ncc([N+](=O)[O-])cc2C(=O)O)cc1. The minimum Gasteiger partial charge on any atom is -0.478 e. The zero-order valence-corrected chi connectivity index (χ0v) is 11.3. The molecule has 0 spiro atoms. The zero-order valence-electron chi connectivity index (χ0n) is 10.4. The average Bonchev–Trinajstić information content (AvgIpc) is 2.41. The van der Waals surface area contributed by atoms with E-state index in [9.17, 15) is 14.9 Å². The fourth-order valence-corrected chi connectivity index (χ4v) is 2.35. The summed E-state index contributed by atoms with van der Waals surface area (Å²) < 4.78 is 0. The van der Waals surface area contributed by atoms with E-state index in [4.69, 9.17) is 5.11 Å². The fraction of sp³-hybridized carbons (Fsp3) is 0.0769. The van der Waals surface area contributed by atoms with Crippen molar-refractivity contribution in [1.82, 2.24) is 4.98 Å². The molecule has 0 aliphatic rings. The molecular weight excluding hydrogens is 280 g/mol. The van der Waals surface area contributed by atoms with Crippen LogP contribution in [0.4, 0.5) is 5.69 Å². The van der Waals surface area contributed by atoms with Crippen molar-refractivity contribution in [3.8, 4) is 0 Å². The number of pyridine rings is 1. The summed E-state index contributed by atoms with van der Waals surface area (Å²) in [4.78, 5) is 25.8. The van der Waals surface area contributed by atoms with Crippen LogP contribution in [0.3, 0.4) is 0 Å². The molecule has 1 heterocycles. The summed E-state index contributed by atoms with van der Waals surface area (Å²) in [5, 5.41) is 20.0. The Morgan fingerprint density at radius 1 is 1.35 bits per heavy atom. The zero-order chi connectivity index (χ0) is 14.7. The minimum atomic E-state index is -1.24. The van der Waals surface area contributed by atoms with Gasteiger partial charge >= 0.3 is 5.97 Å². The lowest BCUT2D eigenvalue weighted by molar-refractivity contribution is -0.385. The highest BCUT2D eigenvalue weighted by molar-refractivity contribution is 7.99. The van der Waals surface area contributed by atoms with E-state index in [2.05, 4.69) is 4.98 Å². The molecule has 0 fully saturated rings. The van der Waals surface area contributed by atoms with E-state index in [1.54, 1.807) is 0 Å². The van der Waals surface area contributed by atoms with Crippen molar-refractivity contribution in [2.45, 2.75) is 16.8 Å². The number of carboxylic acid groups (broad SMARTS) is 1. The van der Waals surface area contributed by atoms with Crippen molar-refractivity contribution in [2.75, 3.05) is 0 Å². The molecule has 0 saturated heterocycles. The highest BCUT2D eigenvalue weighted by atomic mass is 32.2. The van der Waals surface area contributed by atoms with Crippen LogP contribution in [0, 0.1) is 17.0 Å². The summed E-state index contributed by atoms with van der Waals surface area (Å²) >= 11 is 1.16.